The molecule has 3 N–H and O–H groups in total. The molecule has 0 spiro atoms. The number of hydrogen-bond donors (Lipinski definition) is 3. The maximum absolute atomic E-state index is 12.8. The zero-order valence-electron chi connectivity index (χ0n) is 20.0. The Hall–Kier alpha value is -2.32. The summed E-state index contributed by atoms with van der Waals surface area (Å²) in [6.45, 7) is 8.85. The number of alkyl carbamates (subject to hydrolysis) is 1. The summed E-state index contributed by atoms with van der Waals surface area (Å²) >= 11 is 0. The van der Waals surface area contributed by atoms with Gasteiger partial charge >= 0.3 is 12.1 Å². The van der Waals surface area contributed by atoms with Crippen LogP contribution in [0.25, 0.3) is 0 Å². The molecule has 1 aliphatic carbocycles. The minimum Gasteiger partial charge on any atom is -0.480 e. The Bertz CT molecular complexity index is 696. The molecule has 1 aliphatic heterocycles. The van der Waals surface area contributed by atoms with Gasteiger partial charge in [0.1, 0.15) is 17.7 Å². The quantitative estimate of drug-likeness (QED) is 0.544. The van der Waals surface area contributed by atoms with Crippen molar-refractivity contribution in [3.8, 4) is 0 Å². The van der Waals surface area contributed by atoms with Gasteiger partial charge in [0.2, 0.25) is 11.8 Å². The number of ether oxygens (including phenoxy) is 1. The summed E-state index contributed by atoms with van der Waals surface area (Å²) < 4.78 is 5.21. The second kappa shape index (κ2) is 11.0. The number of nitrogens with zero attached hydrogens (tertiary/aromatic N) is 1. The fraction of sp³-hybridized carbons (Fsp3) is 0.826. The molecular weight excluding hydrogens is 414 g/mol. The van der Waals surface area contributed by atoms with Crippen LogP contribution in [0, 0.1) is 17.8 Å². The van der Waals surface area contributed by atoms with E-state index in [1.54, 1.807) is 34.6 Å². The minimum absolute atomic E-state index is 0.188. The van der Waals surface area contributed by atoms with E-state index in [0.29, 0.717) is 18.9 Å². The van der Waals surface area contributed by atoms with Gasteiger partial charge in [-0.05, 0) is 44.9 Å². The maximum atomic E-state index is 12.8. The van der Waals surface area contributed by atoms with Crippen molar-refractivity contribution in [1.82, 2.24) is 15.5 Å². The van der Waals surface area contributed by atoms with Gasteiger partial charge in [0.15, 0.2) is 0 Å². The number of hydrogen-bond acceptors (Lipinski definition) is 5. The fourth-order valence-corrected chi connectivity index (χ4v) is 4.67. The molecule has 0 aromatic rings. The third-order valence-electron chi connectivity index (χ3n) is 6.29. The highest BCUT2D eigenvalue weighted by atomic mass is 16.6. The summed E-state index contributed by atoms with van der Waals surface area (Å²) in [7, 11) is 0. The highest BCUT2D eigenvalue weighted by Gasteiger charge is 2.42. The lowest BCUT2D eigenvalue weighted by molar-refractivity contribution is -0.148. The van der Waals surface area contributed by atoms with Gasteiger partial charge in [-0.2, -0.15) is 0 Å². The van der Waals surface area contributed by atoms with E-state index in [9.17, 15) is 24.3 Å². The van der Waals surface area contributed by atoms with Crippen LogP contribution in [0.5, 0.6) is 0 Å². The average molecular weight is 454 g/mol. The van der Waals surface area contributed by atoms with E-state index in [1.165, 1.54) is 11.3 Å². The zero-order chi connectivity index (χ0) is 24.1. The zero-order valence-corrected chi connectivity index (χ0v) is 20.0. The van der Waals surface area contributed by atoms with Gasteiger partial charge < -0.3 is 25.4 Å². The van der Waals surface area contributed by atoms with Crippen LogP contribution in [0.4, 0.5) is 4.79 Å². The van der Waals surface area contributed by atoms with Crippen LogP contribution in [0.15, 0.2) is 0 Å². The fourth-order valence-electron chi connectivity index (χ4n) is 4.67. The average Bonchev–Trinajstić information content (AvgIpc) is 3.15. The molecule has 0 bridgehead atoms. The van der Waals surface area contributed by atoms with Crippen molar-refractivity contribution in [3.63, 3.8) is 0 Å². The first-order valence-electron chi connectivity index (χ1n) is 11.7. The first kappa shape index (κ1) is 25.9. The molecule has 9 nitrogen and oxygen atoms in total. The van der Waals surface area contributed by atoms with Gasteiger partial charge in [-0.25, -0.2) is 9.59 Å². The molecule has 0 aromatic carbocycles. The Morgan fingerprint density at radius 3 is 2.22 bits per heavy atom. The van der Waals surface area contributed by atoms with Crippen LogP contribution < -0.4 is 10.6 Å². The van der Waals surface area contributed by atoms with Crippen molar-refractivity contribution in [3.05, 3.63) is 0 Å². The minimum atomic E-state index is -1.00. The normalized spacial score (nSPS) is 23.0. The predicted molar refractivity (Wildman–Crippen MR) is 119 cm³/mol. The molecular formula is C23H39N3O6. The highest BCUT2D eigenvalue weighted by molar-refractivity contribution is 5.91. The first-order valence-corrected chi connectivity index (χ1v) is 11.7. The maximum Gasteiger partial charge on any atom is 0.408 e. The van der Waals surface area contributed by atoms with Gasteiger partial charge in [0.05, 0.1) is 6.54 Å². The number of nitrogens with one attached hydrogen (secondary N) is 2. The molecule has 182 valence electrons. The van der Waals surface area contributed by atoms with E-state index in [4.69, 9.17) is 4.74 Å². The van der Waals surface area contributed by atoms with E-state index in [1.807, 2.05) is 0 Å². The Morgan fingerprint density at radius 1 is 1.06 bits per heavy atom. The second-order valence-electron chi connectivity index (χ2n) is 10.4. The van der Waals surface area contributed by atoms with Gasteiger partial charge in [0, 0.05) is 6.54 Å². The summed E-state index contributed by atoms with van der Waals surface area (Å²) in [5.74, 6) is -1.51. The summed E-state index contributed by atoms with van der Waals surface area (Å²) in [5, 5.41) is 14.8. The smallest absolute Gasteiger partial charge is 0.408 e. The molecule has 2 aliphatic rings. The number of aliphatic carboxylic acids is 1. The molecule has 2 fully saturated rings. The lowest BCUT2D eigenvalue weighted by Crippen LogP contribution is -2.53. The lowest BCUT2D eigenvalue weighted by atomic mass is 9.79. The van der Waals surface area contributed by atoms with Crippen LogP contribution in [0.2, 0.25) is 0 Å². The summed E-state index contributed by atoms with van der Waals surface area (Å²) in [6.07, 6.45) is 5.46. The number of carbonyl (C=O) groups is 4. The van der Waals surface area contributed by atoms with Crippen molar-refractivity contribution in [2.75, 3.05) is 13.1 Å². The SMILES string of the molecule is CC(C)C(NC(=O)OC(C)(C)C)C(=O)NCC(=O)N1CC(C2CCCCC2)CC1C(=O)O. The molecule has 2 rings (SSSR count). The van der Waals surface area contributed by atoms with Gasteiger partial charge in [-0.15, -0.1) is 0 Å². The molecule has 3 amide bonds. The largest absolute Gasteiger partial charge is 0.480 e. The molecule has 1 saturated heterocycles. The topological polar surface area (TPSA) is 125 Å². The predicted octanol–water partition coefficient (Wildman–Crippen LogP) is 2.53. The van der Waals surface area contributed by atoms with Crippen LogP contribution in [0.3, 0.4) is 0 Å². The summed E-state index contributed by atoms with van der Waals surface area (Å²) in [5.41, 5.74) is -0.700. The van der Waals surface area contributed by atoms with Gasteiger partial charge in [0.25, 0.3) is 0 Å². The van der Waals surface area contributed by atoms with Gasteiger partial charge in [-0.1, -0.05) is 46.0 Å². The molecule has 3 atom stereocenters. The van der Waals surface area contributed by atoms with Crippen molar-refractivity contribution in [2.24, 2.45) is 17.8 Å². The monoisotopic (exact) mass is 453 g/mol. The number of carboxylic acid groups (broad SMARTS) is 1. The van der Waals surface area contributed by atoms with E-state index >= 15 is 0 Å². The van der Waals surface area contributed by atoms with Crippen LogP contribution in [-0.2, 0) is 19.1 Å². The second-order valence-corrected chi connectivity index (χ2v) is 10.4. The number of amides is 3. The molecule has 3 unspecified atom stereocenters. The van der Waals surface area contributed by atoms with Crippen LogP contribution in [-0.4, -0.2) is 64.7 Å². The summed E-state index contributed by atoms with van der Waals surface area (Å²) in [4.78, 5) is 50.7. The van der Waals surface area contributed by atoms with E-state index in [-0.39, 0.29) is 18.4 Å². The highest BCUT2D eigenvalue weighted by Crippen LogP contribution is 2.37. The van der Waals surface area contributed by atoms with Crippen molar-refractivity contribution < 1.29 is 29.0 Å². The number of carbonyl (C=O) groups excluding carboxylic acids is 3. The Morgan fingerprint density at radius 2 is 1.69 bits per heavy atom. The van der Waals surface area contributed by atoms with E-state index in [0.717, 1.165) is 25.7 Å². The van der Waals surface area contributed by atoms with Gasteiger partial charge in [-0.3, -0.25) is 9.59 Å². The molecule has 1 saturated carbocycles. The lowest BCUT2D eigenvalue weighted by Gasteiger charge is -2.27. The number of carboxylic acids is 1. The third kappa shape index (κ3) is 7.38. The molecule has 1 heterocycles. The third-order valence-corrected chi connectivity index (χ3v) is 6.29. The van der Waals surface area contributed by atoms with Crippen LogP contribution >= 0.6 is 0 Å². The Balaban J connectivity index is 1.95. The first-order chi connectivity index (χ1) is 14.9. The van der Waals surface area contributed by atoms with E-state index < -0.39 is 41.6 Å². The number of rotatable bonds is 7. The van der Waals surface area contributed by atoms with Crippen molar-refractivity contribution in [2.45, 2.75) is 90.8 Å². The molecule has 0 radical (unpaired) electrons. The van der Waals surface area contributed by atoms with Crippen molar-refractivity contribution >= 4 is 23.9 Å². The van der Waals surface area contributed by atoms with Crippen molar-refractivity contribution in [1.29, 1.82) is 0 Å². The summed E-state index contributed by atoms with van der Waals surface area (Å²) in [6, 6.07) is -1.73. The molecule has 32 heavy (non-hydrogen) atoms. The standard InChI is InChI=1S/C23H39N3O6/c1-14(2)19(25-22(31)32-23(3,4)5)20(28)24-12-18(27)26-13-16(11-17(26)21(29)30)15-9-7-6-8-10-15/h14-17,19H,6-13H2,1-5H3,(H,24,28)(H,25,31)(H,29,30). The van der Waals surface area contributed by atoms with Crippen LogP contribution in [0.1, 0.15) is 73.1 Å². The Labute approximate surface area is 190 Å². The molecule has 0 aromatic heterocycles. The molecule has 9 heteroatoms. The number of likely N-dealkylation sites (tertiary alicyclic amines) is 1. The Kier molecular flexibility index (Phi) is 8.92. The van der Waals surface area contributed by atoms with E-state index in [2.05, 4.69) is 10.6 Å².